The largest absolute Gasteiger partial charge is 0.0928 e. The molecule has 0 bridgehead atoms. The van der Waals surface area contributed by atoms with E-state index in [-0.39, 0.29) is 19.0 Å². The maximum Gasteiger partial charge on any atom is 0.0210 e. The van der Waals surface area contributed by atoms with Crippen LogP contribution in [0.15, 0.2) is 0 Å². The fraction of sp³-hybridized carbons (Fsp3) is 1.00. The van der Waals surface area contributed by atoms with Gasteiger partial charge in [-0.15, -0.1) is 0 Å². The predicted molar refractivity (Wildman–Crippen MR) is 103 cm³/mol. The van der Waals surface area contributed by atoms with Crippen LogP contribution in [0, 0.1) is 0 Å². The molecule has 0 nitrogen and oxygen atoms in total. The minimum atomic E-state index is 0.222. The van der Waals surface area contributed by atoms with Gasteiger partial charge >= 0.3 is 0 Å². The Labute approximate surface area is 145 Å². The maximum atomic E-state index is 3.76. The fourth-order valence-corrected chi connectivity index (χ4v) is 10.7. The van der Waals surface area contributed by atoms with Gasteiger partial charge in [-0.25, -0.2) is 0 Å². The molecule has 6 heteroatoms. The molecule has 0 N–H and O–H groups in total. The molecule has 0 aliphatic carbocycles. The molecule has 0 fully saturated rings. The van der Waals surface area contributed by atoms with Crippen LogP contribution in [0.5, 0.6) is 0 Å². The van der Waals surface area contributed by atoms with Crippen LogP contribution in [-0.4, -0.2) is 39.4 Å². The minimum Gasteiger partial charge on any atom is -0.0928 e. The van der Waals surface area contributed by atoms with Gasteiger partial charge in [0.05, 0.1) is 0 Å². The first-order valence-corrected chi connectivity index (χ1v) is 14.7. The van der Waals surface area contributed by atoms with Gasteiger partial charge < -0.3 is 0 Å². The topological polar surface area (TPSA) is 0 Å². The molecule has 0 heterocycles. The van der Waals surface area contributed by atoms with E-state index in [1.165, 1.54) is 31.4 Å². The van der Waals surface area contributed by atoms with E-state index in [0.717, 1.165) is 20.3 Å². The molecule has 0 spiro atoms. The van der Waals surface area contributed by atoms with E-state index in [2.05, 4.69) is 63.7 Å². The Kier molecular flexibility index (Phi) is 16.8. The van der Waals surface area contributed by atoms with Gasteiger partial charge in [0, 0.05) is 39.4 Å². The molecule has 2 atom stereocenters. The molecule has 104 valence electrons. The highest BCUT2D eigenvalue weighted by Crippen LogP contribution is 2.15. The molecular formula is C11H24Br4Si2. The van der Waals surface area contributed by atoms with E-state index < -0.39 is 0 Å². The molecule has 0 aromatic rings. The normalized spacial score (nSPS) is 16.2. The van der Waals surface area contributed by atoms with Crippen molar-refractivity contribution < 1.29 is 0 Å². The van der Waals surface area contributed by atoms with Crippen LogP contribution in [-0.2, 0) is 0 Å². The van der Waals surface area contributed by atoms with Crippen LogP contribution < -0.4 is 0 Å². The van der Waals surface area contributed by atoms with Crippen LogP contribution in [0.25, 0.3) is 0 Å². The van der Waals surface area contributed by atoms with E-state index in [4.69, 9.17) is 0 Å². The highest BCUT2D eigenvalue weighted by atomic mass is 79.9. The third-order valence-electron chi connectivity index (χ3n) is 2.88. The zero-order chi connectivity index (χ0) is 12.9. The lowest BCUT2D eigenvalue weighted by Crippen LogP contribution is -2.05. The molecule has 17 heavy (non-hydrogen) atoms. The van der Waals surface area contributed by atoms with E-state index in [0.29, 0.717) is 0 Å². The smallest absolute Gasteiger partial charge is 0.0210 e. The second-order valence-corrected chi connectivity index (χ2v) is 12.7. The molecule has 0 radical (unpaired) electrons. The second-order valence-electron chi connectivity index (χ2n) is 4.49. The van der Waals surface area contributed by atoms with E-state index in [1.54, 1.807) is 12.1 Å². The lowest BCUT2D eigenvalue weighted by atomic mass is 10.4. The van der Waals surface area contributed by atoms with Crippen molar-refractivity contribution >= 4 is 82.8 Å². The summed E-state index contributed by atoms with van der Waals surface area (Å²) in [5.41, 5.74) is 0. The monoisotopic (exact) mass is 528 g/mol. The number of alkyl halides is 4. The molecule has 0 aromatic carbocycles. The fourth-order valence-electron chi connectivity index (χ4n) is 1.79. The summed E-state index contributed by atoms with van der Waals surface area (Å²) in [6, 6.07) is 6.11. The van der Waals surface area contributed by atoms with E-state index in [9.17, 15) is 0 Å². The van der Waals surface area contributed by atoms with Crippen LogP contribution in [0.3, 0.4) is 0 Å². The van der Waals surface area contributed by atoms with Crippen LogP contribution in [0.1, 0.15) is 19.3 Å². The number of hydrogen-bond acceptors (Lipinski definition) is 0. The Morgan fingerprint density at radius 3 is 1.53 bits per heavy atom. The average Bonchev–Trinajstić information content (AvgIpc) is 2.28. The molecule has 0 saturated carbocycles. The molecule has 0 aliphatic rings. The quantitative estimate of drug-likeness (QED) is 0.198. The van der Waals surface area contributed by atoms with Crippen molar-refractivity contribution in [3.05, 3.63) is 0 Å². The Hall–Kier alpha value is 2.35. The van der Waals surface area contributed by atoms with Gasteiger partial charge in [-0.2, -0.15) is 0 Å². The second kappa shape index (κ2) is 14.8. The van der Waals surface area contributed by atoms with Crippen molar-refractivity contribution in [1.82, 2.24) is 0 Å². The summed E-state index contributed by atoms with van der Waals surface area (Å²) in [6.07, 6.45) is 4.11. The Morgan fingerprint density at radius 2 is 1.18 bits per heavy atom. The molecule has 0 aliphatic heterocycles. The first-order valence-electron chi connectivity index (χ1n) is 6.60. The minimum absolute atomic E-state index is 0.222. The molecular weight excluding hydrogens is 508 g/mol. The van der Waals surface area contributed by atoms with Gasteiger partial charge in [0.15, 0.2) is 0 Å². The molecule has 2 unspecified atom stereocenters. The Morgan fingerprint density at radius 1 is 0.765 bits per heavy atom. The number of rotatable bonds is 12. The third kappa shape index (κ3) is 14.6. The summed E-state index contributed by atoms with van der Waals surface area (Å²) >= 11 is 14.5. The lowest BCUT2D eigenvalue weighted by molar-refractivity contribution is 0.915. The van der Waals surface area contributed by atoms with E-state index >= 15 is 0 Å². The van der Waals surface area contributed by atoms with Crippen LogP contribution in [0.4, 0.5) is 0 Å². The molecule has 0 amide bonds. The Balaban J connectivity index is 3.13. The zero-order valence-corrected chi connectivity index (χ0v) is 19.6. The summed E-state index contributed by atoms with van der Waals surface area (Å²) in [7, 11) is 0.444. The van der Waals surface area contributed by atoms with Crippen molar-refractivity contribution in [3.8, 4) is 0 Å². The summed E-state index contributed by atoms with van der Waals surface area (Å²) < 4.78 is 0. The van der Waals surface area contributed by atoms with Gasteiger partial charge in [-0.05, 0) is 12.8 Å². The van der Waals surface area contributed by atoms with E-state index in [1.807, 2.05) is 0 Å². The highest BCUT2D eigenvalue weighted by Gasteiger charge is 2.04. The van der Waals surface area contributed by atoms with Crippen LogP contribution in [0.2, 0.25) is 24.2 Å². The van der Waals surface area contributed by atoms with Crippen molar-refractivity contribution in [2.45, 2.75) is 53.1 Å². The maximum absolute atomic E-state index is 3.76. The van der Waals surface area contributed by atoms with Gasteiger partial charge in [0.25, 0.3) is 0 Å². The first-order chi connectivity index (χ1) is 8.20. The van der Waals surface area contributed by atoms with Gasteiger partial charge in [0.2, 0.25) is 0 Å². The van der Waals surface area contributed by atoms with Crippen LogP contribution >= 0.6 is 63.7 Å². The average molecular weight is 532 g/mol. The standard InChI is InChI=1S/C11H24Br4Si2/c12-4-2-10(14)8-16-6-1-7-17-9-11(15)3-5-13/h10-11H,1-9,16-17H2. The zero-order valence-electron chi connectivity index (χ0n) is 10.4. The molecule has 0 saturated heterocycles. The summed E-state index contributed by atoms with van der Waals surface area (Å²) in [6.45, 7) is 0. The SMILES string of the molecule is BrCCC(Br)C[SiH2]CCC[SiH2]CC(Br)CCBr. The lowest BCUT2D eigenvalue weighted by Gasteiger charge is -2.08. The highest BCUT2D eigenvalue weighted by molar-refractivity contribution is 9.10. The third-order valence-corrected chi connectivity index (χ3v) is 11.5. The van der Waals surface area contributed by atoms with Crippen molar-refractivity contribution in [2.24, 2.45) is 0 Å². The van der Waals surface area contributed by atoms with Crippen molar-refractivity contribution in [1.29, 1.82) is 0 Å². The van der Waals surface area contributed by atoms with Gasteiger partial charge in [0.1, 0.15) is 0 Å². The van der Waals surface area contributed by atoms with Gasteiger partial charge in [-0.1, -0.05) is 94.3 Å². The molecule has 0 rings (SSSR count). The summed E-state index contributed by atoms with van der Waals surface area (Å²) in [5, 5.41) is 2.29. The number of halogens is 4. The summed E-state index contributed by atoms with van der Waals surface area (Å²) in [5.74, 6) is 0. The first kappa shape index (κ1) is 19.4. The molecule has 0 aromatic heterocycles. The predicted octanol–water partition coefficient (Wildman–Crippen LogP) is 4.48. The number of hydrogen-bond donors (Lipinski definition) is 0. The van der Waals surface area contributed by atoms with Gasteiger partial charge in [-0.3, -0.25) is 0 Å². The van der Waals surface area contributed by atoms with Crippen molar-refractivity contribution in [3.63, 3.8) is 0 Å². The Bertz CT molecular complexity index is 144. The van der Waals surface area contributed by atoms with Crippen molar-refractivity contribution in [2.75, 3.05) is 10.7 Å². The summed E-state index contributed by atoms with van der Waals surface area (Å²) in [4.78, 5) is 1.58.